The van der Waals surface area contributed by atoms with Crippen LogP contribution >= 0.6 is 0 Å². The molecule has 3 aromatic rings. The standard InChI is InChI=1S/C15H12O2/c16-10-13-8-11-4-1-2-5-12(11)9-14(13)15-6-3-7-17-15/h1-9,16H,10H2. The average Bonchev–Trinajstić information content (AvgIpc) is 2.91. The molecule has 17 heavy (non-hydrogen) atoms. The van der Waals surface area contributed by atoms with Crippen LogP contribution in [0.2, 0.25) is 0 Å². The van der Waals surface area contributed by atoms with Crippen LogP contribution in [0.1, 0.15) is 5.56 Å². The number of furan rings is 1. The van der Waals surface area contributed by atoms with E-state index in [1.54, 1.807) is 6.26 Å². The molecule has 0 saturated heterocycles. The van der Waals surface area contributed by atoms with Crippen molar-refractivity contribution in [3.05, 3.63) is 60.4 Å². The minimum absolute atomic E-state index is 0.0147. The average molecular weight is 224 g/mol. The first-order valence-corrected chi connectivity index (χ1v) is 5.55. The maximum Gasteiger partial charge on any atom is 0.134 e. The Balaban J connectivity index is 2.29. The molecule has 0 bridgehead atoms. The number of hydrogen-bond donors (Lipinski definition) is 1. The van der Waals surface area contributed by atoms with Gasteiger partial charge in [-0.15, -0.1) is 0 Å². The zero-order valence-corrected chi connectivity index (χ0v) is 9.26. The fraction of sp³-hybridized carbons (Fsp3) is 0.0667. The van der Waals surface area contributed by atoms with Crippen LogP contribution in [0.25, 0.3) is 22.1 Å². The third-order valence-corrected chi connectivity index (χ3v) is 2.93. The van der Waals surface area contributed by atoms with Gasteiger partial charge in [0.05, 0.1) is 12.9 Å². The molecule has 84 valence electrons. The first kappa shape index (κ1) is 10.1. The Bertz CT molecular complexity index is 639. The molecule has 2 aromatic carbocycles. The van der Waals surface area contributed by atoms with E-state index in [1.165, 1.54) is 0 Å². The van der Waals surface area contributed by atoms with Crippen LogP contribution in [0.4, 0.5) is 0 Å². The largest absolute Gasteiger partial charge is 0.464 e. The molecule has 0 radical (unpaired) electrons. The number of rotatable bonds is 2. The van der Waals surface area contributed by atoms with Crippen molar-refractivity contribution in [2.45, 2.75) is 6.61 Å². The molecule has 0 aliphatic rings. The van der Waals surface area contributed by atoms with Crippen molar-refractivity contribution in [2.24, 2.45) is 0 Å². The first-order valence-electron chi connectivity index (χ1n) is 5.55. The highest BCUT2D eigenvalue weighted by Gasteiger charge is 2.08. The van der Waals surface area contributed by atoms with Crippen LogP contribution in [-0.4, -0.2) is 5.11 Å². The van der Waals surface area contributed by atoms with Crippen molar-refractivity contribution in [3.63, 3.8) is 0 Å². The van der Waals surface area contributed by atoms with E-state index in [2.05, 4.69) is 12.1 Å². The van der Waals surface area contributed by atoms with Gasteiger partial charge in [0.15, 0.2) is 0 Å². The Morgan fingerprint density at radius 2 is 1.71 bits per heavy atom. The molecule has 0 unspecified atom stereocenters. The summed E-state index contributed by atoms with van der Waals surface area (Å²) in [6.07, 6.45) is 1.64. The van der Waals surface area contributed by atoms with Gasteiger partial charge in [0.2, 0.25) is 0 Å². The molecular weight excluding hydrogens is 212 g/mol. The van der Waals surface area contributed by atoms with Crippen molar-refractivity contribution in [2.75, 3.05) is 0 Å². The van der Waals surface area contributed by atoms with E-state index in [1.807, 2.05) is 36.4 Å². The Morgan fingerprint density at radius 3 is 2.35 bits per heavy atom. The number of benzene rings is 2. The van der Waals surface area contributed by atoms with E-state index in [9.17, 15) is 5.11 Å². The van der Waals surface area contributed by atoms with Gasteiger partial charge < -0.3 is 9.52 Å². The highest BCUT2D eigenvalue weighted by molar-refractivity contribution is 5.88. The summed E-state index contributed by atoms with van der Waals surface area (Å²) in [6.45, 7) is 0.0147. The molecular formula is C15H12O2. The minimum atomic E-state index is 0.0147. The van der Waals surface area contributed by atoms with E-state index in [0.29, 0.717) is 0 Å². The van der Waals surface area contributed by atoms with E-state index >= 15 is 0 Å². The molecule has 2 nitrogen and oxygen atoms in total. The number of fused-ring (bicyclic) bond motifs is 1. The van der Waals surface area contributed by atoms with Gasteiger partial charge in [-0.3, -0.25) is 0 Å². The van der Waals surface area contributed by atoms with Gasteiger partial charge in [-0.25, -0.2) is 0 Å². The summed E-state index contributed by atoms with van der Waals surface area (Å²) in [7, 11) is 0. The monoisotopic (exact) mass is 224 g/mol. The third kappa shape index (κ3) is 1.73. The van der Waals surface area contributed by atoms with Crippen LogP contribution < -0.4 is 0 Å². The smallest absolute Gasteiger partial charge is 0.134 e. The summed E-state index contributed by atoms with van der Waals surface area (Å²) in [5.74, 6) is 0.791. The molecule has 1 heterocycles. The quantitative estimate of drug-likeness (QED) is 0.721. The summed E-state index contributed by atoms with van der Waals surface area (Å²) in [5.41, 5.74) is 1.84. The van der Waals surface area contributed by atoms with Crippen LogP contribution in [0, 0.1) is 0 Å². The molecule has 1 N–H and O–H groups in total. The normalized spacial score (nSPS) is 10.9. The zero-order valence-electron chi connectivity index (χ0n) is 9.26. The Hall–Kier alpha value is -2.06. The number of hydrogen-bond acceptors (Lipinski definition) is 2. The zero-order chi connectivity index (χ0) is 11.7. The second kappa shape index (κ2) is 4.07. The van der Waals surface area contributed by atoms with Gasteiger partial charge in [-0.05, 0) is 40.6 Å². The predicted octanol–water partition coefficient (Wildman–Crippen LogP) is 3.59. The highest BCUT2D eigenvalue weighted by Crippen LogP contribution is 2.29. The van der Waals surface area contributed by atoms with Crippen molar-refractivity contribution < 1.29 is 9.52 Å². The van der Waals surface area contributed by atoms with E-state index in [0.717, 1.165) is 27.7 Å². The Morgan fingerprint density at radius 1 is 0.941 bits per heavy atom. The van der Waals surface area contributed by atoms with Crippen molar-refractivity contribution in [1.82, 2.24) is 0 Å². The maximum atomic E-state index is 9.44. The lowest BCUT2D eigenvalue weighted by molar-refractivity contribution is 0.282. The van der Waals surface area contributed by atoms with Crippen molar-refractivity contribution in [1.29, 1.82) is 0 Å². The fourth-order valence-corrected chi connectivity index (χ4v) is 2.08. The molecule has 0 fully saturated rings. The minimum Gasteiger partial charge on any atom is -0.464 e. The van der Waals surface area contributed by atoms with Gasteiger partial charge in [0.25, 0.3) is 0 Å². The molecule has 1 aromatic heterocycles. The number of aliphatic hydroxyl groups excluding tert-OH is 1. The molecule has 0 aliphatic heterocycles. The molecule has 0 saturated carbocycles. The fourth-order valence-electron chi connectivity index (χ4n) is 2.08. The second-order valence-corrected chi connectivity index (χ2v) is 3.99. The summed E-state index contributed by atoms with van der Waals surface area (Å²) < 4.78 is 5.40. The van der Waals surface area contributed by atoms with E-state index in [-0.39, 0.29) is 6.61 Å². The predicted molar refractivity (Wildman–Crippen MR) is 67.6 cm³/mol. The number of aliphatic hydroxyl groups is 1. The lowest BCUT2D eigenvalue weighted by Crippen LogP contribution is -1.89. The van der Waals surface area contributed by atoms with Gasteiger partial charge >= 0.3 is 0 Å². The third-order valence-electron chi connectivity index (χ3n) is 2.93. The Kier molecular flexibility index (Phi) is 2.42. The van der Waals surface area contributed by atoms with Crippen LogP contribution in [0.15, 0.2) is 59.2 Å². The molecule has 0 aliphatic carbocycles. The molecule has 3 rings (SSSR count). The maximum absolute atomic E-state index is 9.44. The van der Waals surface area contributed by atoms with E-state index in [4.69, 9.17) is 4.42 Å². The second-order valence-electron chi connectivity index (χ2n) is 3.99. The Labute approximate surface area is 99.1 Å². The molecule has 0 atom stereocenters. The molecule has 2 heteroatoms. The summed E-state index contributed by atoms with van der Waals surface area (Å²) >= 11 is 0. The van der Waals surface area contributed by atoms with Crippen molar-refractivity contribution in [3.8, 4) is 11.3 Å². The van der Waals surface area contributed by atoms with Crippen LogP contribution in [0.3, 0.4) is 0 Å². The van der Waals surface area contributed by atoms with Crippen LogP contribution in [0.5, 0.6) is 0 Å². The van der Waals surface area contributed by atoms with Gasteiger partial charge in [-0.1, -0.05) is 24.3 Å². The summed E-state index contributed by atoms with van der Waals surface area (Å²) in [6, 6.07) is 15.9. The van der Waals surface area contributed by atoms with Gasteiger partial charge in [0, 0.05) is 5.56 Å². The van der Waals surface area contributed by atoms with E-state index < -0.39 is 0 Å². The van der Waals surface area contributed by atoms with Crippen molar-refractivity contribution >= 4 is 10.8 Å². The van der Waals surface area contributed by atoms with Gasteiger partial charge in [0.1, 0.15) is 5.76 Å². The molecule has 0 spiro atoms. The topological polar surface area (TPSA) is 33.4 Å². The van der Waals surface area contributed by atoms with Gasteiger partial charge in [-0.2, -0.15) is 0 Å². The lowest BCUT2D eigenvalue weighted by Gasteiger charge is -2.07. The SMILES string of the molecule is OCc1cc2ccccc2cc1-c1ccco1. The highest BCUT2D eigenvalue weighted by atomic mass is 16.3. The summed E-state index contributed by atoms with van der Waals surface area (Å²) in [5, 5.41) is 11.7. The first-order chi connectivity index (χ1) is 8.38. The summed E-state index contributed by atoms with van der Waals surface area (Å²) in [4.78, 5) is 0. The van der Waals surface area contributed by atoms with Crippen LogP contribution in [-0.2, 0) is 6.61 Å². The lowest BCUT2D eigenvalue weighted by atomic mass is 10.00. The molecule has 0 amide bonds.